The number of aromatic amines is 1. The number of hydrogen-bond acceptors (Lipinski definition) is 2. The lowest BCUT2D eigenvalue weighted by Crippen LogP contribution is -2.37. The Balaban J connectivity index is 1.53. The summed E-state index contributed by atoms with van der Waals surface area (Å²) in [5, 5.41) is 7.57. The maximum Gasteiger partial charge on any atom is 0.387 e. The second-order valence-electron chi connectivity index (χ2n) is 5.95. The van der Waals surface area contributed by atoms with E-state index >= 15 is 0 Å². The van der Waals surface area contributed by atoms with E-state index in [0.717, 1.165) is 11.9 Å². The fourth-order valence-corrected chi connectivity index (χ4v) is 2.91. The monoisotopic (exact) mass is 372 g/mol. The van der Waals surface area contributed by atoms with Gasteiger partial charge >= 0.3 is 6.61 Å². The van der Waals surface area contributed by atoms with Crippen LogP contribution in [0.25, 0.3) is 10.9 Å². The Bertz CT molecular complexity index is 908. The zero-order chi connectivity index (χ0) is 19.1. The third-order valence-electron chi connectivity index (χ3n) is 4.22. The molecule has 27 heavy (non-hydrogen) atoms. The molecule has 5 nitrogen and oxygen atoms in total. The van der Waals surface area contributed by atoms with Gasteiger partial charge in [0.05, 0.1) is 0 Å². The predicted molar refractivity (Wildman–Crippen MR) is 103 cm³/mol. The van der Waals surface area contributed by atoms with Crippen molar-refractivity contribution in [2.45, 2.75) is 19.6 Å². The van der Waals surface area contributed by atoms with Crippen LogP contribution in [0.15, 0.2) is 59.7 Å². The lowest BCUT2D eigenvalue weighted by Gasteiger charge is -2.14. The summed E-state index contributed by atoms with van der Waals surface area (Å²) < 4.78 is 29.5. The summed E-state index contributed by atoms with van der Waals surface area (Å²) in [4.78, 5) is 7.43. The molecule has 0 radical (unpaired) electrons. The maximum atomic E-state index is 12.5. The molecule has 0 bridgehead atoms. The van der Waals surface area contributed by atoms with Crippen molar-refractivity contribution in [2.75, 3.05) is 13.6 Å². The third-order valence-corrected chi connectivity index (χ3v) is 4.22. The highest BCUT2D eigenvalue weighted by molar-refractivity contribution is 5.83. The minimum Gasteiger partial charge on any atom is -0.434 e. The van der Waals surface area contributed by atoms with Gasteiger partial charge in [-0.25, -0.2) is 0 Å². The Kier molecular flexibility index (Phi) is 6.25. The Labute approximate surface area is 156 Å². The van der Waals surface area contributed by atoms with Crippen molar-refractivity contribution in [3.05, 3.63) is 65.9 Å². The lowest BCUT2D eigenvalue weighted by atomic mass is 10.1. The van der Waals surface area contributed by atoms with Crippen LogP contribution in [0.3, 0.4) is 0 Å². The van der Waals surface area contributed by atoms with E-state index < -0.39 is 6.61 Å². The summed E-state index contributed by atoms with van der Waals surface area (Å²) >= 11 is 0. The van der Waals surface area contributed by atoms with Crippen molar-refractivity contribution in [3.63, 3.8) is 0 Å². The van der Waals surface area contributed by atoms with E-state index in [-0.39, 0.29) is 5.75 Å². The van der Waals surface area contributed by atoms with Crippen molar-refractivity contribution < 1.29 is 13.5 Å². The van der Waals surface area contributed by atoms with E-state index in [9.17, 15) is 8.78 Å². The molecular weight excluding hydrogens is 350 g/mol. The van der Waals surface area contributed by atoms with Gasteiger partial charge in [0.15, 0.2) is 5.96 Å². The van der Waals surface area contributed by atoms with Crippen LogP contribution < -0.4 is 15.4 Å². The van der Waals surface area contributed by atoms with Gasteiger partial charge in [0.1, 0.15) is 5.75 Å². The molecule has 0 aliphatic heterocycles. The van der Waals surface area contributed by atoms with Gasteiger partial charge in [-0.2, -0.15) is 8.78 Å². The van der Waals surface area contributed by atoms with Gasteiger partial charge in [0, 0.05) is 42.8 Å². The first-order valence-electron chi connectivity index (χ1n) is 8.69. The standard InChI is InChI=1S/C20H22F2N4O/c1-23-20(26-13-15-6-2-5-9-18(15)27-19(21)22)24-11-10-14-12-25-17-8-4-3-7-16(14)17/h2-9,12,19,25H,10-11,13H2,1H3,(H2,23,24,26). The number of H-pyrrole nitrogens is 1. The van der Waals surface area contributed by atoms with E-state index in [1.54, 1.807) is 25.2 Å². The molecule has 142 valence electrons. The topological polar surface area (TPSA) is 61.4 Å². The summed E-state index contributed by atoms with van der Waals surface area (Å²) in [5.74, 6) is 0.760. The van der Waals surface area contributed by atoms with E-state index in [0.29, 0.717) is 24.6 Å². The summed E-state index contributed by atoms with van der Waals surface area (Å²) in [6.45, 7) is -1.83. The molecular formula is C20H22F2N4O. The van der Waals surface area contributed by atoms with Gasteiger partial charge in [-0.05, 0) is 24.1 Å². The molecule has 0 aliphatic rings. The number of hydrogen-bond donors (Lipinski definition) is 3. The van der Waals surface area contributed by atoms with Crippen LogP contribution in [0.1, 0.15) is 11.1 Å². The predicted octanol–water partition coefficient (Wildman–Crippen LogP) is 3.68. The van der Waals surface area contributed by atoms with Gasteiger partial charge in [-0.1, -0.05) is 36.4 Å². The van der Waals surface area contributed by atoms with E-state index in [2.05, 4.69) is 31.4 Å². The number of aromatic nitrogens is 1. The highest BCUT2D eigenvalue weighted by atomic mass is 19.3. The van der Waals surface area contributed by atoms with Crippen LogP contribution in [0.5, 0.6) is 5.75 Å². The number of aliphatic imine (C=N–C) groups is 1. The summed E-state index contributed by atoms with van der Waals surface area (Å²) in [5.41, 5.74) is 2.98. The first kappa shape index (κ1) is 18.7. The Morgan fingerprint density at radius 3 is 2.67 bits per heavy atom. The van der Waals surface area contributed by atoms with Crippen LogP contribution in [-0.4, -0.2) is 31.1 Å². The number of guanidine groups is 1. The normalized spacial score (nSPS) is 11.8. The van der Waals surface area contributed by atoms with Crippen LogP contribution in [0, 0.1) is 0 Å². The number of nitrogens with zero attached hydrogens (tertiary/aromatic N) is 1. The van der Waals surface area contributed by atoms with E-state index in [1.165, 1.54) is 17.0 Å². The summed E-state index contributed by atoms with van der Waals surface area (Å²) in [7, 11) is 1.67. The summed E-state index contributed by atoms with van der Waals surface area (Å²) in [6, 6.07) is 14.9. The van der Waals surface area contributed by atoms with Gasteiger partial charge in [0.2, 0.25) is 0 Å². The van der Waals surface area contributed by atoms with Crippen molar-refractivity contribution >= 4 is 16.9 Å². The largest absolute Gasteiger partial charge is 0.434 e. The number of fused-ring (bicyclic) bond motifs is 1. The van der Waals surface area contributed by atoms with Crippen LogP contribution in [0.2, 0.25) is 0 Å². The van der Waals surface area contributed by atoms with Gasteiger partial charge in [-0.3, -0.25) is 4.99 Å². The SMILES string of the molecule is CN=C(NCCc1c[nH]c2ccccc12)NCc1ccccc1OC(F)F. The van der Waals surface area contributed by atoms with Crippen molar-refractivity contribution in [1.29, 1.82) is 0 Å². The van der Waals surface area contributed by atoms with Crippen LogP contribution in [-0.2, 0) is 13.0 Å². The Hall–Kier alpha value is -3.09. The van der Waals surface area contributed by atoms with Crippen molar-refractivity contribution in [1.82, 2.24) is 15.6 Å². The average molecular weight is 372 g/mol. The first-order chi connectivity index (χ1) is 13.2. The quantitative estimate of drug-likeness (QED) is 0.438. The first-order valence-corrected chi connectivity index (χ1v) is 8.69. The minimum atomic E-state index is -2.85. The number of halogens is 2. The third kappa shape index (κ3) is 4.97. The fraction of sp³-hybridized carbons (Fsp3) is 0.250. The highest BCUT2D eigenvalue weighted by Crippen LogP contribution is 2.20. The molecule has 3 N–H and O–H groups in total. The van der Waals surface area contributed by atoms with Crippen molar-refractivity contribution in [2.24, 2.45) is 4.99 Å². The number of para-hydroxylation sites is 2. The Morgan fingerprint density at radius 1 is 1.07 bits per heavy atom. The molecule has 0 saturated carbocycles. The molecule has 1 heterocycles. The second-order valence-corrected chi connectivity index (χ2v) is 5.95. The number of rotatable bonds is 7. The fourth-order valence-electron chi connectivity index (χ4n) is 2.91. The number of alkyl halides is 2. The molecule has 2 aromatic carbocycles. The van der Waals surface area contributed by atoms with Gasteiger partial charge in [-0.15, -0.1) is 0 Å². The molecule has 3 rings (SSSR count). The zero-order valence-corrected chi connectivity index (χ0v) is 15.0. The number of nitrogens with one attached hydrogen (secondary N) is 3. The molecule has 0 fully saturated rings. The molecule has 1 aromatic heterocycles. The van der Waals surface area contributed by atoms with Gasteiger partial charge < -0.3 is 20.4 Å². The highest BCUT2D eigenvalue weighted by Gasteiger charge is 2.09. The molecule has 0 aliphatic carbocycles. The number of benzene rings is 2. The van der Waals surface area contributed by atoms with E-state index in [1.807, 2.05) is 24.4 Å². The second kappa shape index (κ2) is 9.02. The van der Waals surface area contributed by atoms with Crippen molar-refractivity contribution in [3.8, 4) is 5.75 Å². The average Bonchev–Trinajstić information content (AvgIpc) is 3.08. The van der Waals surface area contributed by atoms with Crippen LogP contribution in [0.4, 0.5) is 8.78 Å². The molecule has 0 saturated heterocycles. The summed E-state index contributed by atoms with van der Waals surface area (Å²) in [6.07, 6.45) is 2.84. The molecule has 7 heteroatoms. The molecule has 0 atom stereocenters. The molecule has 0 spiro atoms. The minimum absolute atomic E-state index is 0.161. The van der Waals surface area contributed by atoms with E-state index in [4.69, 9.17) is 0 Å². The maximum absolute atomic E-state index is 12.5. The molecule has 0 unspecified atom stereocenters. The molecule has 0 amide bonds. The van der Waals surface area contributed by atoms with Crippen LogP contribution >= 0.6 is 0 Å². The number of ether oxygens (including phenoxy) is 1. The Morgan fingerprint density at radius 2 is 1.85 bits per heavy atom. The zero-order valence-electron chi connectivity index (χ0n) is 15.0. The molecule has 3 aromatic rings. The van der Waals surface area contributed by atoms with Gasteiger partial charge in [0.25, 0.3) is 0 Å². The lowest BCUT2D eigenvalue weighted by molar-refractivity contribution is -0.0504. The smallest absolute Gasteiger partial charge is 0.387 e.